The maximum absolute atomic E-state index is 16.0. The summed E-state index contributed by atoms with van der Waals surface area (Å²) >= 11 is 1.28. The van der Waals surface area contributed by atoms with Gasteiger partial charge in [0.15, 0.2) is 11.2 Å². The Morgan fingerprint density at radius 2 is 1.81 bits per heavy atom. The summed E-state index contributed by atoms with van der Waals surface area (Å²) in [7, 11) is 0. The molecular weight excluding hydrogens is 748 g/mol. The van der Waals surface area contributed by atoms with Gasteiger partial charge in [0.25, 0.3) is 11.8 Å². The number of hydrogen-bond acceptors (Lipinski definition) is 10. The van der Waals surface area contributed by atoms with Crippen molar-refractivity contribution in [2.24, 2.45) is 0 Å². The first kappa shape index (κ1) is 35.4. The fourth-order valence-electron chi connectivity index (χ4n) is 9.27. The number of thiazole rings is 1. The first-order valence-corrected chi connectivity index (χ1v) is 20.2. The zero-order chi connectivity index (χ0) is 38.8. The largest absolute Gasteiger partial charge is 0.368 e. The number of nitrogens with zero attached hydrogens (tertiary/aromatic N) is 8. The van der Waals surface area contributed by atoms with E-state index in [0.29, 0.717) is 41.6 Å². The number of amides is 5. The third-order valence-electron chi connectivity index (χ3n) is 12.1. The molecule has 0 radical (unpaired) electrons. The molecule has 5 amide bonds. The number of anilines is 3. The molecule has 8 heterocycles. The molecule has 2 bridgehead atoms. The van der Waals surface area contributed by atoms with Crippen LogP contribution in [0.3, 0.4) is 0 Å². The molecule has 2 aromatic carbocycles. The van der Waals surface area contributed by atoms with Crippen LogP contribution in [-0.4, -0.2) is 84.8 Å². The monoisotopic (exact) mass is 786 g/mol. The molecular formula is C41H39FN10O4S. The van der Waals surface area contributed by atoms with E-state index in [0.717, 1.165) is 73.5 Å². The van der Waals surface area contributed by atoms with E-state index in [1.807, 2.05) is 22.8 Å². The molecule has 3 fully saturated rings. The SMILES string of the molecule is O=C1CCN(c2cnccc2CN2C3CCC2CN(c2ccc(-c4cc(F)c5c(c4)C(=O)N(C(C(=O)Nc4nccs4)c4ncn6c4CCC6)C5)cc2)C3)C(=O)N1. The Kier molecular flexibility index (Phi) is 8.81. The summed E-state index contributed by atoms with van der Waals surface area (Å²) in [5.41, 5.74) is 6.13. The number of carbonyl (C=O) groups is 4. The number of aromatic nitrogens is 4. The topological polar surface area (TPSA) is 149 Å². The van der Waals surface area contributed by atoms with E-state index in [4.69, 9.17) is 0 Å². The number of imide groups is 1. The van der Waals surface area contributed by atoms with Crippen LogP contribution in [-0.2, 0) is 35.6 Å². The molecule has 5 aliphatic heterocycles. The minimum atomic E-state index is -1.05. The Labute approximate surface area is 331 Å². The van der Waals surface area contributed by atoms with Gasteiger partial charge in [-0.05, 0) is 72.7 Å². The number of carbonyl (C=O) groups excluding carboxylic acids is 4. The van der Waals surface area contributed by atoms with E-state index in [1.54, 1.807) is 41.3 Å². The molecule has 10 rings (SSSR count). The average molecular weight is 787 g/mol. The quantitative estimate of drug-likeness (QED) is 0.208. The zero-order valence-corrected chi connectivity index (χ0v) is 31.8. The summed E-state index contributed by atoms with van der Waals surface area (Å²) in [5, 5.41) is 7.44. The normalized spacial score (nSPS) is 20.9. The zero-order valence-electron chi connectivity index (χ0n) is 30.9. The van der Waals surface area contributed by atoms with Crippen LogP contribution in [0, 0.1) is 5.82 Å². The van der Waals surface area contributed by atoms with Crippen molar-refractivity contribution >= 4 is 51.6 Å². The number of pyridine rings is 1. The highest BCUT2D eigenvalue weighted by molar-refractivity contribution is 7.13. The van der Waals surface area contributed by atoms with Gasteiger partial charge in [-0.15, -0.1) is 11.3 Å². The number of benzene rings is 2. The van der Waals surface area contributed by atoms with Crippen LogP contribution in [0.1, 0.15) is 64.6 Å². The van der Waals surface area contributed by atoms with Crippen molar-refractivity contribution in [1.82, 2.24) is 34.6 Å². The van der Waals surface area contributed by atoms with Crippen molar-refractivity contribution in [2.75, 3.05) is 34.8 Å². The van der Waals surface area contributed by atoms with Crippen molar-refractivity contribution in [1.29, 1.82) is 0 Å². The molecule has 3 saturated heterocycles. The number of halogens is 1. The highest BCUT2D eigenvalue weighted by Crippen LogP contribution is 2.39. The summed E-state index contributed by atoms with van der Waals surface area (Å²) in [6.07, 6.45) is 10.8. The maximum Gasteiger partial charge on any atom is 0.328 e. The van der Waals surface area contributed by atoms with Crippen LogP contribution in [0.25, 0.3) is 11.1 Å². The highest BCUT2D eigenvalue weighted by Gasteiger charge is 2.43. The Balaban J connectivity index is 0.853. The van der Waals surface area contributed by atoms with Crippen LogP contribution < -0.4 is 20.4 Å². The van der Waals surface area contributed by atoms with Crippen LogP contribution in [0.15, 0.2) is 72.8 Å². The van der Waals surface area contributed by atoms with Crippen molar-refractivity contribution in [3.8, 4) is 11.1 Å². The molecule has 290 valence electrons. The number of urea groups is 1. The molecule has 3 aromatic heterocycles. The lowest BCUT2D eigenvalue weighted by molar-refractivity contribution is -0.121. The number of imidazole rings is 1. The lowest BCUT2D eigenvalue weighted by atomic mass is 9.99. The van der Waals surface area contributed by atoms with Crippen molar-refractivity contribution < 1.29 is 23.6 Å². The second kappa shape index (κ2) is 14.2. The predicted molar refractivity (Wildman–Crippen MR) is 210 cm³/mol. The van der Waals surface area contributed by atoms with Gasteiger partial charge in [-0.2, -0.15) is 0 Å². The molecule has 57 heavy (non-hydrogen) atoms. The Morgan fingerprint density at radius 3 is 2.58 bits per heavy atom. The minimum Gasteiger partial charge on any atom is -0.368 e. The fourth-order valence-corrected chi connectivity index (χ4v) is 9.80. The third-order valence-corrected chi connectivity index (χ3v) is 12.8. The van der Waals surface area contributed by atoms with Gasteiger partial charge in [0.1, 0.15) is 5.82 Å². The van der Waals surface area contributed by atoms with Crippen LogP contribution in [0.5, 0.6) is 0 Å². The second-order valence-corrected chi connectivity index (χ2v) is 16.2. The number of aryl methyl sites for hydroxylation is 1. The summed E-state index contributed by atoms with van der Waals surface area (Å²) in [4.78, 5) is 73.5. The Hall–Kier alpha value is -6.00. The fraction of sp³-hybridized carbons (Fsp3) is 0.341. The molecule has 3 atom stereocenters. The average Bonchev–Trinajstić information content (AvgIpc) is 4.05. The van der Waals surface area contributed by atoms with Crippen LogP contribution in [0.4, 0.5) is 25.7 Å². The van der Waals surface area contributed by atoms with E-state index < -0.39 is 29.7 Å². The lowest BCUT2D eigenvalue weighted by Crippen LogP contribution is -2.53. The lowest BCUT2D eigenvalue weighted by Gasteiger charge is -2.42. The summed E-state index contributed by atoms with van der Waals surface area (Å²) in [5.74, 6) is -1.60. The predicted octanol–water partition coefficient (Wildman–Crippen LogP) is 5.12. The first-order chi connectivity index (χ1) is 27.8. The molecule has 16 heteroatoms. The van der Waals surface area contributed by atoms with Crippen molar-refractivity contribution in [2.45, 2.75) is 69.9 Å². The minimum absolute atomic E-state index is 0.0488. The van der Waals surface area contributed by atoms with Gasteiger partial charge in [-0.3, -0.25) is 39.8 Å². The molecule has 0 aliphatic carbocycles. The maximum atomic E-state index is 16.0. The summed E-state index contributed by atoms with van der Waals surface area (Å²) < 4.78 is 18.0. The van der Waals surface area contributed by atoms with Crippen molar-refractivity contribution in [3.63, 3.8) is 0 Å². The van der Waals surface area contributed by atoms with E-state index in [2.05, 4.69) is 47.5 Å². The van der Waals surface area contributed by atoms with Gasteiger partial charge in [-0.1, -0.05) is 12.1 Å². The molecule has 5 aromatic rings. The highest BCUT2D eigenvalue weighted by atomic mass is 32.1. The summed E-state index contributed by atoms with van der Waals surface area (Å²) in [6, 6.07) is 12.4. The van der Waals surface area contributed by atoms with E-state index in [9.17, 15) is 19.2 Å². The molecule has 14 nitrogen and oxygen atoms in total. The molecule has 0 spiro atoms. The van der Waals surface area contributed by atoms with Gasteiger partial charge < -0.3 is 14.4 Å². The van der Waals surface area contributed by atoms with Crippen LogP contribution >= 0.6 is 11.3 Å². The molecule has 2 N–H and O–H groups in total. The number of fused-ring (bicyclic) bond motifs is 4. The van der Waals surface area contributed by atoms with E-state index in [1.165, 1.54) is 22.3 Å². The van der Waals surface area contributed by atoms with Crippen molar-refractivity contribution in [3.05, 3.63) is 107 Å². The Morgan fingerprint density at radius 1 is 0.982 bits per heavy atom. The number of rotatable bonds is 9. The van der Waals surface area contributed by atoms with Crippen LogP contribution in [0.2, 0.25) is 0 Å². The molecule has 5 aliphatic rings. The van der Waals surface area contributed by atoms with E-state index in [-0.39, 0.29) is 30.0 Å². The second-order valence-electron chi connectivity index (χ2n) is 15.3. The Bertz CT molecular complexity index is 2410. The number of piperazine rings is 1. The standard InChI is InChI=1S/C41H39FN10O4S/c42-32-17-26(16-30-31(32)22-52(39(30)55)37(38(54)47-40-44-12-15-57-40)36-33-2-1-13-48(33)23-45-36)24-3-5-27(6-4-24)49-20-28-7-8-29(21-49)51(28)19-25-9-11-43-18-34(25)50-14-10-35(53)46-41(50)56/h3-6,9,11-12,15-18,23,28-29,37H,1-2,7-8,10,13-14,19-22H2,(H,44,47,54)(H,46,53,56). The molecule has 0 saturated carbocycles. The first-order valence-electron chi connectivity index (χ1n) is 19.3. The van der Waals surface area contributed by atoms with Gasteiger partial charge in [0.05, 0.1) is 30.5 Å². The van der Waals surface area contributed by atoms with Gasteiger partial charge in [0.2, 0.25) is 5.91 Å². The summed E-state index contributed by atoms with van der Waals surface area (Å²) in [6.45, 7) is 3.43. The molecule has 3 unspecified atom stereocenters. The van der Waals surface area contributed by atoms with E-state index >= 15 is 4.39 Å². The van der Waals surface area contributed by atoms with Gasteiger partial charge in [-0.25, -0.2) is 19.2 Å². The number of nitrogens with one attached hydrogen (secondary N) is 2. The van der Waals surface area contributed by atoms with Gasteiger partial charge >= 0.3 is 6.03 Å². The smallest absolute Gasteiger partial charge is 0.328 e. The number of hydrogen-bond donors (Lipinski definition) is 2. The third kappa shape index (κ3) is 6.32. The van der Waals surface area contributed by atoms with Gasteiger partial charge in [0, 0.05) is 91.5 Å².